The molecule has 0 aliphatic carbocycles. The zero-order chi connectivity index (χ0) is 11.9. The lowest BCUT2D eigenvalue weighted by Crippen LogP contribution is -2.40. The first kappa shape index (κ1) is 14.9. The van der Waals surface area contributed by atoms with Gasteiger partial charge in [0, 0.05) is 19.2 Å². The van der Waals surface area contributed by atoms with Crippen molar-refractivity contribution in [2.24, 2.45) is 11.3 Å². The van der Waals surface area contributed by atoms with E-state index in [0.29, 0.717) is 18.6 Å². The van der Waals surface area contributed by atoms with Crippen LogP contribution in [0.4, 0.5) is 0 Å². The van der Waals surface area contributed by atoms with Crippen molar-refractivity contribution in [3.8, 4) is 0 Å². The van der Waals surface area contributed by atoms with Crippen LogP contribution in [0.15, 0.2) is 0 Å². The van der Waals surface area contributed by atoms with Crippen LogP contribution in [0.5, 0.6) is 0 Å². The van der Waals surface area contributed by atoms with Crippen molar-refractivity contribution in [1.82, 2.24) is 5.32 Å². The highest BCUT2D eigenvalue weighted by Crippen LogP contribution is 2.29. The number of aliphatic hydroxyl groups excluding tert-OH is 1. The number of rotatable bonds is 8. The molecular weight excluding hydrogens is 186 g/mol. The molecule has 2 N–H and O–H groups in total. The zero-order valence-corrected chi connectivity index (χ0v) is 11.1. The van der Waals surface area contributed by atoms with Crippen LogP contribution in [-0.2, 0) is 0 Å². The van der Waals surface area contributed by atoms with E-state index in [-0.39, 0.29) is 5.41 Å². The van der Waals surface area contributed by atoms with Crippen LogP contribution in [0, 0.1) is 11.3 Å². The van der Waals surface area contributed by atoms with Gasteiger partial charge in [0.2, 0.25) is 0 Å². The van der Waals surface area contributed by atoms with Gasteiger partial charge in [-0.1, -0.05) is 27.7 Å². The molecule has 2 heteroatoms. The van der Waals surface area contributed by atoms with Gasteiger partial charge in [-0.3, -0.25) is 0 Å². The maximum absolute atomic E-state index is 9.11. The van der Waals surface area contributed by atoms with E-state index in [4.69, 9.17) is 5.11 Å². The van der Waals surface area contributed by atoms with Gasteiger partial charge in [0.05, 0.1) is 0 Å². The third-order valence-electron chi connectivity index (χ3n) is 3.94. The molecule has 0 aromatic carbocycles. The Morgan fingerprint density at radius 1 is 1.13 bits per heavy atom. The van der Waals surface area contributed by atoms with Crippen LogP contribution in [-0.4, -0.2) is 24.3 Å². The minimum Gasteiger partial charge on any atom is -0.396 e. The Morgan fingerprint density at radius 2 is 1.67 bits per heavy atom. The molecule has 0 bridgehead atoms. The smallest absolute Gasteiger partial charge is 0.0436 e. The minimum absolute atomic E-state index is 0.290. The molecule has 0 aliphatic rings. The molecule has 0 aliphatic heterocycles. The lowest BCUT2D eigenvalue weighted by Gasteiger charge is -2.33. The molecule has 0 radical (unpaired) electrons. The van der Waals surface area contributed by atoms with Gasteiger partial charge in [0.15, 0.2) is 0 Å². The van der Waals surface area contributed by atoms with Crippen molar-refractivity contribution >= 4 is 0 Å². The first-order valence-electron chi connectivity index (χ1n) is 6.35. The highest BCUT2D eigenvalue weighted by Gasteiger charge is 2.25. The second-order valence-electron chi connectivity index (χ2n) is 5.09. The highest BCUT2D eigenvalue weighted by molar-refractivity contribution is 4.80. The second kappa shape index (κ2) is 7.24. The molecule has 0 fully saturated rings. The molecule has 15 heavy (non-hydrogen) atoms. The van der Waals surface area contributed by atoms with Gasteiger partial charge < -0.3 is 10.4 Å². The van der Waals surface area contributed by atoms with E-state index in [1.807, 2.05) is 0 Å². The number of hydrogen-bond acceptors (Lipinski definition) is 2. The summed E-state index contributed by atoms with van der Waals surface area (Å²) in [6.45, 7) is 12.5. The van der Waals surface area contributed by atoms with Gasteiger partial charge >= 0.3 is 0 Å². The van der Waals surface area contributed by atoms with E-state index in [2.05, 4.69) is 39.9 Å². The van der Waals surface area contributed by atoms with E-state index in [9.17, 15) is 0 Å². The molecule has 0 heterocycles. The summed E-state index contributed by atoms with van der Waals surface area (Å²) >= 11 is 0. The summed E-state index contributed by atoms with van der Waals surface area (Å²) < 4.78 is 0. The second-order valence-corrected chi connectivity index (χ2v) is 5.09. The van der Waals surface area contributed by atoms with E-state index in [1.54, 1.807) is 0 Å². The highest BCUT2D eigenvalue weighted by atomic mass is 16.3. The Bertz CT molecular complexity index is 153. The monoisotopic (exact) mass is 215 g/mol. The van der Waals surface area contributed by atoms with Crippen LogP contribution in [0.25, 0.3) is 0 Å². The Hall–Kier alpha value is -0.0800. The normalized spacial score (nSPS) is 14.6. The minimum atomic E-state index is 0.290. The van der Waals surface area contributed by atoms with E-state index in [0.717, 1.165) is 25.8 Å². The fraction of sp³-hybridized carbons (Fsp3) is 1.00. The summed E-state index contributed by atoms with van der Waals surface area (Å²) in [5.41, 5.74) is 0.290. The molecular formula is C13H29NO. The maximum Gasteiger partial charge on any atom is 0.0436 e. The molecule has 0 amide bonds. The number of aliphatic hydroxyl groups is 1. The van der Waals surface area contributed by atoms with Gasteiger partial charge in [0.1, 0.15) is 0 Å². The van der Waals surface area contributed by atoms with Crippen LogP contribution in [0.3, 0.4) is 0 Å². The van der Waals surface area contributed by atoms with Crippen molar-refractivity contribution in [1.29, 1.82) is 0 Å². The Kier molecular flexibility index (Phi) is 7.20. The van der Waals surface area contributed by atoms with E-state index < -0.39 is 0 Å². The molecule has 0 aromatic heterocycles. The predicted octanol–water partition coefficient (Wildman–Crippen LogP) is 2.81. The lowest BCUT2D eigenvalue weighted by molar-refractivity contribution is 0.157. The standard InChI is InChI=1S/C13H29NO/c1-6-13(7-2,8-9-15)10-14-12(5)11(3)4/h11-12,14-15H,6-10H2,1-5H3. The summed E-state index contributed by atoms with van der Waals surface area (Å²) in [5.74, 6) is 0.672. The fourth-order valence-corrected chi connectivity index (χ4v) is 1.79. The Balaban J connectivity index is 4.16. The van der Waals surface area contributed by atoms with Gasteiger partial charge in [-0.05, 0) is 37.5 Å². The summed E-state index contributed by atoms with van der Waals surface area (Å²) in [6.07, 6.45) is 3.20. The van der Waals surface area contributed by atoms with E-state index in [1.165, 1.54) is 0 Å². The van der Waals surface area contributed by atoms with Gasteiger partial charge in [-0.25, -0.2) is 0 Å². The summed E-state index contributed by atoms with van der Waals surface area (Å²) in [7, 11) is 0. The third-order valence-corrected chi connectivity index (χ3v) is 3.94. The zero-order valence-electron chi connectivity index (χ0n) is 11.1. The molecule has 1 atom stereocenters. The summed E-state index contributed by atoms with van der Waals surface area (Å²) in [6, 6.07) is 0.557. The molecule has 2 nitrogen and oxygen atoms in total. The molecule has 0 aromatic rings. The largest absolute Gasteiger partial charge is 0.396 e. The molecule has 92 valence electrons. The van der Waals surface area contributed by atoms with Crippen molar-refractivity contribution < 1.29 is 5.11 Å². The first-order chi connectivity index (χ1) is 7.01. The van der Waals surface area contributed by atoms with Crippen LogP contribution in [0.2, 0.25) is 0 Å². The average Bonchev–Trinajstić information content (AvgIpc) is 2.23. The van der Waals surface area contributed by atoms with Crippen molar-refractivity contribution in [2.75, 3.05) is 13.2 Å². The van der Waals surface area contributed by atoms with Gasteiger partial charge in [-0.2, -0.15) is 0 Å². The van der Waals surface area contributed by atoms with E-state index >= 15 is 0 Å². The Morgan fingerprint density at radius 3 is 2.00 bits per heavy atom. The number of nitrogens with one attached hydrogen (secondary N) is 1. The fourth-order valence-electron chi connectivity index (χ4n) is 1.79. The predicted molar refractivity (Wildman–Crippen MR) is 67.0 cm³/mol. The molecule has 1 unspecified atom stereocenters. The Labute approximate surface area is 95.5 Å². The summed E-state index contributed by atoms with van der Waals surface area (Å²) in [5, 5.41) is 12.7. The summed E-state index contributed by atoms with van der Waals surface area (Å²) in [4.78, 5) is 0. The lowest BCUT2D eigenvalue weighted by atomic mass is 9.79. The maximum atomic E-state index is 9.11. The van der Waals surface area contributed by atoms with Gasteiger partial charge in [-0.15, -0.1) is 0 Å². The quantitative estimate of drug-likeness (QED) is 0.652. The first-order valence-corrected chi connectivity index (χ1v) is 6.35. The average molecular weight is 215 g/mol. The SMILES string of the molecule is CCC(CC)(CCO)CNC(C)C(C)C. The van der Waals surface area contributed by atoms with Crippen LogP contribution < -0.4 is 5.32 Å². The molecule has 0 spiro atoms. The van der Waals surface area contributed by atoms with Gasteiger partial charge in [0.25, 0.3) is 0 Å². The van der Waals surface area contributed by atoms with Crippen molar-refractivity contribution in [3.05, 3.63) is 0 Å². The molecule has 0 rings (SSSR count). The molecule has 0 saturated heterocycles. The third kappa shape index (κ3) is 4.98. The van der Waals surface area contributed by atoms with Crippen LogP contribution >= 0.6 is 0 Å². The van der Waals surface area contributed by atoms with Crippen LogP contribution in [0.1, 0.15) is 53.9 Å². The number of hydrogen-bond donors (Lipinski definition) is 2. The topological polar surface area (TPSA) is 32.3 Å². The van der Waals surface area contributed by atoms with Crippen molar-refractivity contribution in [2.45, 2.75) is 59.9 Å². The molecule has 0 saturated carbocycles. The van der Waals surface area contributed by atoms with Crippen molar-refractivity contribution in [3.63, 3.8) is 0 Å².